The Morgan fingerprint density at radius 1 is 1.23 bits per heavy atom. The molecule has 9 heteroatoms. The summed E-state index contributed by atoms with van der Waals surface area (Å²) in [5.41, 5.74) is 4.12. The van der Waals surface area contributed by atoms with E-state index in [1.807, 2.05) is 31.3 Å². The summed E-state index contributed by atoms with van der Waals surface area (Å²) in [4.78, 5) is 13.0. The summed E-state index contributed by atoms with van der Waals surface area (Å²) in [5, 5.41) is 16.5. The molecular weight excluding hydrogens is 396 g/mol. The second-order valence-corrected chi connectivity index (χ2v) is 8.99. The van der Waals surface area contributed by atoms with Gasteiger partial charge in [0.05, 0.1) is 35.7 Å². The Bertz CT molecular complexity index is 1200. The molecule has 152 valence electrons. The molecule has 5 heterocycles. The van der Waals surface area contributed by atoms with Gasteiger partial charge in [-0.1, -0.05) is 6.07 Å². The van der Waals surface area contributed by atoms with Gasteiger partial charge in [0.15, 0.2) is 5.13 Å². The molecule has 4 aromatic heterocycles. The van der Waals surface area contributed by atoms with Crippen molar-refractivity contribution in [3.63, 3.8) is 0 Å². The number of H-pyrrole nitrogens is 1. The van der Waals surface area contributed by atoms with Gasteiger partial charge in [0.25, 0.3) is 0 Å². The fourth-order valence-corrected chi connectivity index (χ4v) is 4.88. The van der Waals surface area contributed by atoms with E-state index in [4.69, 9.17) is 10.1 Å². The fraction of sp³-hybridized carbons (Fsp3) is 0.333. The first kappa shape index (κ1) is 17.6. The van der Waals surface area contributed by atoms with Crippen molar-refractivity contribution in [3.05, 3.63) is 52.9 Å². The molecule has 1 aliphatic heterocycles. The SMILES string of the molecule is Cc1cccc(Nc2nc3c(s2)CCN(Cc2ccn(C4CC4)n2)c2[nH]ncc2-3)n1. The molecule has 0 bridgehead atoms. The molecule has 1 saturated carbocycles. The van der Waals surface area contributed by atoms with E-state index < -0.39 is 0 Å². The lowest BCUT2D eigenvalue weighted by molar-refractivity contribution is 0.623. The number of thiazole rings is 1. The number of nitrogens with zero attached hydrogens (tertiary/aromatic N) is 6. The minimum Gasteiger partial charge on any atom is -0.350 e. The molecule has 1 fully saturated rings. The Hall–Kier alpha value is -3.20. The van der Waals surface area contributed by atoms with Crippen LogP contribution in [-0.2, 0) is 13.0 Å². The standard InChI is InChI=1S/C21H22N8S/c1-13-3-2-4-18(23-13)24-21-25-19-16-11-22-26-20(16)28(9-8-17(19)30-21)12-14-7-10-29(27-14)15-5-6-15/h2-4,7,10-11,15H,5-6,8-9,12H2,1H3,(H,22,26)(H,23,24,25). The number of pyridine rings is 1. The van der Waals surface area contributed by atoms with Crippen LogP contribution in [0.3, 0.4) is 0 Å². The highest BCUT2D eigenvalue weighted by atomic mass is 32.1. The number of aromatic amines is 1. The zero-order valence-corrected chi connectivity index (χ0v) is 17.5. The highest BCUT2D eigenvalue weighted by Crippen LogP contribution is 2.40. The molecule has 6 rings (SSSR count). The number of hydrogen-bond acceptors (Lipinski definition) is 7. The Balaban J connectivity index is 1.27. The van der Waals surface area contributed by atoms with E-state index in [1.165, 1.54) is 17.7 Å². The Morgan fingerprint density at radius 3 is 3.03 bits per heavy atom. The maximum atomic E-state index is 4.89. The van der Waals surface area contributed by atoms with Gasteiger partial charge in [-0.2, -0.15) is 10.2 Å². The first-order valence-corrected chi connectivity index (χ1v) is 11.1. The number of fused-ring (bicyclic) bond motifs is 3. The van der Waals surface area contributed by atoms with Crippen LogP contribution in [-0.4, -0.2) is 36.5 Å². The van der Waals surface area contributed by atoms with Crippen molar-refractivity contribution in [1.29, 1.82) is 0 Å². The second-order valence-electron chi connectivity index (χ2n) is 7.90. The normalized spacial score (nSPS) is 15.6. The summed E-state index contributed by atoms with van der Waals surface area (Å²) < 4.78 is 2.11. The fourth-order valence-electron chi connectivity index (χ4n) is 3.91. The van der Waals surface area contributed by atoms with E-state index in [9.17, 15) is 0 Å². The molecule has 0 atom stereocenters. The summed E-state index contributed by atoms with van der Waals surface area (Å²) >= 11 is 1.69. The molecular formula is C21H22N8S. The second kappa shape index (κ2) is 6.94. The Labute approximate surface area is 178 Å². The van der Waals surface area contributed by atoms with Crippen molar-refractivity contribution >= 4 is 28.1 Å². The van der Waals surface area contributed by atoms with E-state index in [-0.39, 0.29) is 0 Å². The van der Waals surface area contributed by atoms with E-state index in [0.717, 1.165) is 58.9 Å². The summed E-state index contributed by atoms with van der Waals surface area (Å²) in [7, 11) is 0. The molecule has 0 spiro atoms. The van der Waals surface area contributed by atoms with Crippen molar-refractivity contribution in [2.45, 2.75) is 38.8 Å². The lowest BCUT2D eigenvalue weighted by Crippen LogP contribution is -2.25. The largest absolute Gasteiger partial charge is 0.350 e. The average molecular weight is 419 g/mol. The molecule has 0 radical (unpaired) electrons. The quantitative estimate of drug-likeness (QED) is 0.508. The molecule has 4 aromatic rings. The third-order valence-electron chi connectivity index (χ3n) is 5.56. The van der Waals surface area contributed by atoms with Crippen molar-refractivity contribution in [3.8, 4) is 11.3 Å². The van der Waals surface area contributed by atoms with Gasteiger partial charge in [-0.05, 0) is 38.0 Å². The topological polar surface area (TPSA) is 87.5 Å². The maximum absolute atomic E-state index is 4.89. The van der Waals surface area contributed by atoms with Gasteiger partial charge in [-0.15, -0.1) is 11.3 Å². The van der Waals surface area contributed by atoms with Crippen molar-refractivity contribution in [1.82, 2.24) is 29.9 Å². The van der Waals surface area contributed by atoms with Crippen LogP contribution < -0.4 is 10.2 Å². The lowest BCUT2D eigenvalue weighted by Gasteiger charge is -2.21. The van der Waals surface area contributed by atoms with Gasteiger partial charge in [-0.25, -0.2) is 9.97 Å². The minimum absolute atomic E-state index is 0.607. The molecule has 0 saturated heterocycles. The number of anilines is 3. The molecule has 8 nitrogen and oxygen atoms in total. The van der Waals surface area contributed by atoms with Gasteiger partial charge in [0, 0.05) is 29.7 Å². The Kier molecular flexibility index (Phi) is 4.08. The molecule has 0 unspecified atom stereocenters. The van der Waals surface area contributed by atoms with Crippen LogP contribution in [0.4, 0.5) is 16.8 Å². The van der Waals surface area contributed by atoms with Gasteiger partial charge in [0.1, 0.15) is 11.6 Å². The first-order valence-electron chi connectivity index (χ1n) is 10.3. The van der Waals surface area contributed by atoms with E-state index >= 15 is 0 Å². The van der Waals surface area contributed by atoms with E-state index in [0.29, 0.717) is 6.04 Å². The van der Waals surface area contributed by atoms with Gasteiger partial charge in [-0.3, -0.25) is 9.78 Å². The molecule has 30 heavy (non-hydrogen) atoms. The van der Waals surface area contributed by atoms with Crippen LogP contribution in [0.1, 0.15) is 35.1 Å². The monoisotopic (exact) mass is 418 g/mol. The van der Waals surface area contributed by atoms with E-state index in [2.05, 4.69) is 42.3 Å². The van der Waals surface area contributed by atoms with Crippen molar-refractivity contribution < 1.29 is 0 Å². The molecule has 2 N–H and O–H groups in total. The Morgan fingerprint density at radius 2 is 2.17 bits per heavy atom. The van der Waals surface area contributed by atoms with Crippen LogP contribution in [0.25, 0.3) is 11.3 Å². The summed E-state index contributed by atoms with van der Waals surface area (Å²) in [6.07, 6.45) is 7.41. The number of nitrogens with one attached hydrogen (secondary N) is 2. The van der Waals surface area contributed by atoms with Gasteiger partial charge >= 0.3 is 0 Å². The van der Waals surface area contributed by atoms with Crippen LogP contribution >= 0.6 is 11.3 Å². The van der Waals surface area contributed by atoms with Gasteiger partial charge in [0.2, 0.25) is 0 Å². The third-order valence-corrected chi connectivity index (χ3v) is 6.59. The van der Waals surface area contributed by atoms with Crippen LogP contribution in [0.15, 0.2) is 36.7 Å². The predicted molar refractivity (Wildman–Crippen MR) is 117 cm³/mol. The third kappa shape index (κ3) is 3.24. The predicted octanol–water partition coefficient (Wildman–Crippen LogP) is 4.07. The highest BCUT2D eigenvalue weighted by Gasteiger charge is 2.27. The lowest BCUT2D eigenvalue weighted by atomic mass is 10.2. The number of aryl methyl sites for hydroxylation is 1. The maximum Gasteiger partial charge on any atom is 0.189 e. The highest BCUT2D eigenvalue weighted by molar-refractivity contribution is 7.16. The molecule has 2 aliphatic rings. The zero-order chi connectivity index (χ0) is 20.1. The number of aromatic nitrogens is 6. The van der Waals surface area contributed by atoms with Crippen molar-refractivity contribution in [2.75, 3.05) is 16.8 Å². The minimum atomic E-state index is 0.607. The van der Waals surface area contributed by atoms with Crippen LogP contribution in [0.5, 0.6) is 0 Å². The average Bonchev–Trinajstić information content (AvgIpc) is 3.14. The summed E-state index contributed by atoms with van der Waals surface area (Å²) in [6, 6.07) is 8.69. The number of rotatable bonds is 5. The first-order chi connectivity index (χ1) is 14.7. The summed E-state index contributed by atoms with van der Waals surface area (Å²) in [6.45, 7) is 3.65. The van der Waals surface area contributed by atoms with Crippen LogP contribution in [0, 0.1) is 6.92 Å². The molecule has 0 amide bonds. The molecule has 1 aliphatic carbocycles. The smallest absolute Gasteiger partial charge is 0.189 e. The zero-order valence-electron chi connectivity index (χ0n) is 16.7. The van der Waals surface area contributed by atoms with Crippen LogP contribution in [0.2, 0.25) is 0 Å². The summed E-state index contributed by atoms with van der Waals surface area (Å²) in [5.74, 6) is 1.83. The van der Waals surface area contributed by atoms with Crippen molar-refractivity contribution in [2.24, 2.45) is 0 Å². The molecule has 0 aromatic carbocycles. The van der Waals surface area contributed by atoms with Gasteiger partial charge < -0.3 is 10.2 Å². The number of hydrogen-bond donors (Lipinski definition) is 2. The van der Waals surface area contributed by atoms with E-state index in [1.54, 1.807) is 11.3 Å².